The average Bonchev–Trinajstić information content (AvgIpc) is 2.64. The smallest absolute Gasteiger partial charge is 0.407 e. The number of rotatable bonds is 3. The molecule has 0 fully saturated rings. The summed E-state index contributed by atoms with van der Waals surface area (Å²) in [6.45, 7) is 3.66. The lowest BCUT2D eigenvalue weighted by Gasteiger charge is -2.14. The standard InChI is InChI=1S/C11H14NO3P/c1-3-16(14,4-2)12-9-7-5-6-8-10(9)15-11(12)13/h5-8H,3-4H2,1-2H3. The summed E-state index contributed by atoms with van der Waals surface area (Å²) < 4.78 is 19.0. The Labute approximate surface area is 93.3 Å². The van der Waals surface area contributed by atoms with Crippen LogP contribution in [0.2, 0.25) is 0 Å². The Balaban J connectivity index is 2.83. The van der Waals surface area contributed by atoms with E-state index in [4.69, 9.17) is 4.42 Å². The van der Waals surface area contributed by atoms with Crippen molar-refractivity contribution in [2.75, 3.05) is 12.3 Å². The summed E-state index contributed by atoms with van der Waals surface area (Å²) in [4.78, 5) is 11.7. The topological polar surface area (TPSA) is 52.2 Å². The first-order valence-electron chi connectivity index (χ1n) is 5.32. The van der Waals surface area contributed by atoms with E-state index in [2.05, 4.69) is 0 Å². The highest BCUT2D eigenvalue weighted by Crippen LogP contribution is 2.46. The van der Waals surface area contributed by atoms with Crippen LogP contribution in [0.1, 0.15) is 13.8 Å². The van der Waals surface area contributed by atoms with Crippen LogP contribution in [0.15, 0.2) is 33.5 Å². The van der Waals surface area contributed by atoms with Crippen molar-refractivity contribution >= 4 is 18.4 Å². The molecule has 1 heterocycles. The molecule has 2 aromatic rings. The van der Waals surface area contributed by atoms with E-state index in [1.54, 1.807) is 18.2 Å². The van der Waals surface area contributed by atoms with E-state index in [0.717, 1.165) is 0 Å². The van der Waals surface area contributed by atoms with E-state index >= 15 is 0 Å². The zero-order chi connectivity index (χ0) is 11.8. The van der Waals surface area contributed by atoms with Crippen molar-refractivity contribution < 1.29 is 8.98 Å². The minimum absolute atomic E-state index is 0.465. The van der Waals surface area contributed by atoms with E-state index in [9.17, 15) is 9.36 Å². The van der Waals surface area contributed by atoms with E-state index in [-0.39, 0.29) is 0 Å². The molecule has 0 aliphatic carbocycles. The van der Waals surface area contributed by atoms with Gasteiger partial charge in [0.25, 0.3) is 0 Å². The molecule has 0 saturated carbocycles. The van der Waals surface area contributed by atoms with Gasteiger partial charge in [-0.3, -0.25) is 4.57 Å². The second-order valence-corrected chi connectivity index (χ2v) is 6.98. The van der Waals surface area contributed by atoms with Crippen LogP contribution in [-0.4, -0.2) is 16.7 Å². The molecule has 0 bridgehead atoms. The third-order valence-corrected chi connectivity index (χ3v) is 5.90. The number of aromatic nitrogens is 1. The molecule has 5 heteroatoms. The van der Waals surface area contributed by atoms with Crippen LogP contribution in [0, 0.1) is 0 Å². The molecule has 0 radical (unpaired) electrons. The molecule has 0 N–H and O–H groups in total. The Kier molecular flexibility index (Phi) is 2.76. The molecule has 4 nitrogen and oxygen atoms in total. The second kappa shape index (κ2) is 3.95. The van der Waals surface area contributed by atoms with E-state index in [0.29, 0.717) is 23.4 Å². The highest BCUT2D eigenvalue weighted by Gasteiger charge is 2.25. The highest BCUT2D eigenvalue weighted by atomic mass is 31.2. The van der Waals surface area contributed by atoms with Gasteiger partial charge in [-0.15, -0.1) is 0 Å². The average molecular weight is 239 g/mol. The third kappa shape index (κ3) is 1.54. The van der Waals surface area contributed by atoms with Gasteiger partial charge < -0.3 is 4.42 Å². The van der Waals surface area contributed by atoms with Gasteiger partial charge in [-0.25, -0.2) is 9.13 Å². The van der Waals surface area contributed by atoms with Gasteiger partial charge in [0.15, 0.2) is 12.9 Å². The fraction of sp³-hybridized carbons (Fsp3) is 0.364. The van der Waals surface area contributed by atoms with Crippen LogP contribution < -0.4 is 5.76 Å². The minimum atomic E-state index is -2.66. The summed E-state index contributed by atoms with van der Waals surface area (Å²) in [6.07, 6.45) is 0.930. The van der Waals surface area contributed by atoms with Gasteiger partial charge in [-0.2, -0.15) is 0 Å². The summed E-state index contributed by atoms with van der Waals surface area (Å²) in [7, 11) is -2.66. The number of hydrogen-bond acceptors (Lipinski definition) is 3. The number of oxazole rings is 1. The van der Waals surface area contributed by atoms with Crippen molar-refractivity contribution in [2.24, 2.45) is 0 Å². The molecule has 0 aliphatic heterocycles. The number of fused-ring (bicyclic) bond motifs is 1. The second-order valence-electron chi connectivity index (χ2n) is 3.63. The normalized spacial score (nSPS) is 12.1. The Morgan fingerprint density at radius 2 is 1.88 bits per heavy atom. The van der Waals surface area contributed by atoms with Crippen molar-refractivity contribution in [1.29, 1.82) is 0 Å². The first-order chi connectivity index (χ1) is 7.62. The molecule has 0 aliphatic rings. The van der Waals surface area contributed by atoms with Crippen LogP contribution in [0.5, 0.6) is 0 Å². The predicted octanol–water partition coefficient (Wildman–Crippen LogP) is 2.76. The van der Waals surface area contributed by atoms with Gasteiger partial charge in [-0.05, 0) is 12.1 Å². The van der Waals surface area contributed by atoms with Crippen molar-refractivity contribution in [3.63, 3.8) is 0 Å². The fourth-order valence-electron chi connectivity index (χ4n) is 1.81. The molecule has 0 unspecified atom stereocenters. The van der Waals surface area contributed by atoms with Crippen LogP contribution in [0.3, 0.4) is 0 Å². The largest absolute Gasteiger partial charge is 0.425 e. The van der Waals surface area contributed by atoms with Crippen LogP contribution in [-0.2, 0) is 4.57 Å². The number of hydrogen-bond donors (Lipinski definition) is 0. The van der Waals surface area contributed by atoms with Crippen LogP contribution in [0.4, 0.5) is 0 Å². The predicted molar refractivity (Wildman–Crippen MR) is 64.6 cm³/mol. The van der Waals surface area contributed by atoms with Gasteiger partial charge in [0, 0.05) is 12.3 Å². The summed E-state index contributed by atoms with van der Waals surface area (Å²) in [5, 5.41) is 0. The Morgan fingerprint density at radius 1 is 1.25 bits per heavy atom. The molecule has 1 aromatic carbocycles. The third-order valence-electron chi connectivity index (χ3n) is 2.82. The number of benzene rings is 1. The van der Waals surface area contributed by atoms with Gasteiger partial charge in [0.05, 0.1) is 5.52 Å². The summed E-state index contributed by atoms with van der Waals surface area (Å²) in [5.41, 5.74) is 1.12. The maximum absolute atomic E-state index is 12.6. The van der Waals surface area contributed by atoms with E-state index < -0.39 is 13.0 Å². The number of nitrogens with zero attached hydrogens (tertiary/aromatic N) is 1. The molecule has 0 spiro atoms. The first-order valence-corrected chi connectivity index (χ1v) is 7.35. The molecule has 86 valence electrons. The lowest BCUT2D eigenvalue weighted by atomic mass is 10.3. The Morgan fingerprint density at radius 3 is 2.50 bits per heavy atom. The monoisotopic (exact) mass is 239 g/mol. The molecular formula is C11H14NO3P. The van der Waals surface area contributed by atoms with Crippen molar-refractivity contribution in [2.45, 2.75) is 13.8 Å². The van der Waals surface area contributed by atoms with E-state index in [1.165, 1.54) is 4.34 Å². The van der Waals surface area contributed by atoms with Crippen molar-refractivity contribution in [3.8, 4) is 0 Å². The minimum Gasteiger partial charge on any atom is -0.407 e. The first kappa shape index (κ1) is 11.2. The fourth-order valence-corrected chi connectivity index (χ4v) is 3.71. The molecule has 0 amide bonds. The van der Waals surface area contributed by atoms with Crippen molar-refractivity contribution in [3.05, 3.63) is 34.8 Å². The Hall–Kier alpha value is -1.28. The summed E-state index contributed by atoms with van der Waals surface area (Å²) >= 11 is 0. The lowest BCUT2D eigenvalue weighted by Crippen LogP contribution is -2.15. The SMILES string of the molecule is CCP(=O)(CC)n1c(=O)oc2ccccc21. The molecule has 2 rings (SSSR count). The van der Waals surface area contributed by atoms with Gasteiger partial charge in [0.2, 0.25) is 0 Å². The Bertz CT molecular complexity index is 603. The molecule has 1 aromatic heterocycles. The summed E-state index contributed by atoms with van der Waals surface area (Å²) in [5.74, 6) is -0.520. The maximum Gasteiger partial charge on any atom is 0.425 e. The quantitative estimate of drug-likeness (QED) is 0.774. The highest BCUT2D eigenvalue weighted by molar-refractivity contribution is 7.62. The molecular weight excluding hydrogens is 225 g/mol. The van der Waals surface area contributed by atoms with Gasteiger partial charge in [-0.1, -0.05) is 26.0 Å². The van der Waals surface area contributed by atoms with Gasteiger partial charge >= 0.3 is 5.76 Å². The van der Waals surface area contributed by atoms with E-state index in [1.807, 2.05) is 19.9 Å². The lowest BCUT2D eigenvalue weighted by molar-refractivity contribution is 0.531. The van der Waals surface area contributed by atoms with Crippen LogP contribution >= 0.6 is 7.29 Å². The maximum atomic E-state index is 12.6. The molecule has 0 saturated heterocycles. The number of para-hydroxylation sites is 2. The van der Waals surface area contributed by atoms with Crippen LogP contribution in [0.25, 0.3) is 11.1 Å². The summed E-state index contributed by atoms with van der Waals surface area (Å²) in [6, 6.07) is 7.07. The molecule has 16 heavy (non-hydrogen) atoms. The zero-order valence-corrected chi connectivity index (χ0v) is 10.2. The van der Waals surface area contributed by atoms with Gasteiger partial charge in [0.1, 0.15) is 0 Å². The zero-order valence-electron chi connectivity index (χ0n) is 9.34. The van der Waals surface area contributed by atoms with Crippen molar-refractivity contribution in [1.82, 2.24) is 4.34 Å². The molecule has 0 atom stereocenters.